The number of halogens is 1. The van der Waals surface area contributed by atoms with Gasteiger partial charge in [-0.3, -0.25) is 20.0 Å². The molecular weight excluding hydrogens is 401 g/mol. The number of benzene rings is 2. The van der Waals surface area contributed by atoms with Gasteiger partial charge < -0.3 is 9.64 Å². The van der Waals surface area contributed by atoms with Gasteiger partial charge in [-0.15, -0.1) is 0 Å². The molecule has 0 atom stereocenters. The highest BCUT2D eigenvalue weighted by Gasteiger charge is 2.32. The van der Waals surface area contributed by atoms with Crippen LogP contribution >= 0.6 is 0 Å². The second-order valence-corrected chi connectivity index (χ2v) is 7.73. The minimum absolute atomic E-state index is 0.125. The standard InChI is InChI=1S/C22H26FN5O3/c23-18-5-7-19(8-6-18)28(13-16-1-3-17(4-2-16)21(29)25-24)22(30)27-11-9-26(10-12-27)20-14-31-15-20/h1-8,20H,9-15,24H2,(H,25,29). The SMILES string of the molecule is NNC(=O)c1ccc(CN(C(=O)N2CCN(C3COC3)CC2)c2ccc(F)cc2)cc1. The Morgan fingerprint density at radius 2 is 1.68 bits per heavy atom. The molecule has 31 heavy (non-hydrogen) atoms. The Balaban J connectivity index is 1.49. The van der Waals surface area contributed by atoms with Gasteiger partial charge in [-0.25, -0.2) is 15.0 Å². The van der Waals surface area contributed by atoms with Crippen molar-refractivity contribution in [2.75, 3.05) is 44.3 Å². The summed E-state index contributed by atoms with van der Waals surface area (Å²) in [5, 5.41) is 0. The highest BCUT2D eigenvalue weighted by molar-refractivity contribution is 5.94. The number of hydrazine groups is 1. The van der Waals surface area contributed by atoms with Crippen molar-refractivity contribution in [2.45, 2.75) is 12.6 Å². The van der Waals surface area contributed by atoms with Crippen LogP contribution in [0, 0.1) is 5.82 Å². The number of carbonyl (C=O) groups is 2. The Morgan fingerprint density at radius 1 is 1.03 bits per heavy atom. The highest BCUT2D eigenvalue weighted by atomic mass is 19.1. The molecule has 2 heterocycles. The van der Waals surface area contributed by atoms with Crippen LogP contribution in [0.5, 0.6) is 0 Å². The molecule has 0 unspecified atom stereocenters. The third-order valence-electron chi connectivity index (χ3n) is 5.78. The molecular formula is C22H26FN5O3. The summed E-state index contributed by atoms with van der Waals surface area (Å²) in [5.41, 5.74) is 3.99. The van der Waals surface area contributed by atoms with Crippen LogP contribution in [0.3, 0.4) is 0 Å². The van der Waals surface area contributed by atoms with E-state index in [1.165, 1.54) is 12.1 Å². The van der Waals surface area contributed by atoms with Crippen molar-refractivity contribution in [1.29, 1.82) is 0 Å². The lowest BCUT2D eigenvalue weighted by Gasteiger charge is -2.43. The fourth-order valence-corrected chi connectivity index (χ4v) is 3.80. The van der Waals surface area contributed by atoms with E-state index in [-0.39, 0.29) is 17.8 Å². The summed E-state index contributed by atoms with van der Waals surface area (Å²) in [4.78, 5) is 30.9. The molecule has 0 bridgehead atoms. The minimum atomic E-state index is -0.382. The summed E-state index contributed by atoms with van der Waals surface area (Å²) in [6.07, 6.45) is 0. The van der Waals surface area contributed by atoms with Crippen molar-refractivity contribution in [2.24, 2.45) is 5.84 Å². The van der Waals surface area contributed by atoms with E-state index in [1.807, 2.05) is 4.90 Å². The fraction of sp³-hybridized carbons (Fsp3) is 0.364. The summed E-state index contributed by atoms with van der Waals surface area (Å²) in [6.45, 7) is 4.68. The molecule has 164 valence electrons. The summed E-state index contributed by atoms with van der Waals surface area (Å²) in [7, 11) is 0. The topological polar surface area (TPSA) is 91.1 Å². The van der Waals surface area contributed by atoms with Crippen molar-refractivity contribution in [1.82, 2.24) is 15.2 Å². The number of nitrogens with one attached hydrogen (secondary N) is 1. The average molecular weight is 427 g/mol. The van der Waals surface area contributed by atoms with Crippen molar-refractivity contribution in [3.05, 3.63) is 65.5 Å². The number of hydrogen-bond acceptors (Lipinski definition) is 5. The molecule has 4 rings (SSSR count). The number of nitrogens with two attached hydrogens (primary N) is 1. The number of anilines is 1. The Bertz CT molecular complexity index is 910. The van der Waals surface area contributed by atoms with Crippen LogP contribution in [0.25, 0.3) is 0 Å². The first kappa shape index (κ1) is 21.2. The minimum Gasteiger partial charge on any atom is -0.378 e. The lowest BCUT2D eigenvalue weighted by atomic mass is 10.1. The molecule has 2 aliphatic rings. The quantitative estimate of drug-likeness (QED) is 0.430. The maximum atomic E-state index is 13.5. The van der Waals surface area contributed by atoms with Crippen LogP contribution in [-0.2, 0) is 11.3 Å². The summed E-state index contributed by atoms with van der Waals surface area (Å²) in [5.74, 6) is 4.44. The largest absolute Gasteiger partial charge is 0.378 e. The van der Waals surface area contributed by atoms with E-state index in [2.05, 4.69) is 10.3 Å². The molecule has 8 nitrogen and oxygen atoms in total. The zero-order valence-corrected chi connectivity index (χ0v) is 17.2. The van der Waals surface area contributed by atoms with Crippen molar-refractivity contribution in [3.63, 3.8) is 0 Å². The number of ether oxygens (including phenoxy) is 1. The predicted octanol–water partition coefficient (Wildman–Crippen LogP) is 1.57. The maximum Gasteiger partial charge on any atom is 0.324 e. The first-order valence-corrected chi connectivity index (χ1v) is 10.3. The lowest BCUT2D eigenvalue weighted by Crippen LogP contribution is -2.59. The van der Waals surface area contributed by atoms with E-state index < -0.39 is 0 Å². The Labute approximate surface area is 180 Å². The van der Waals surface area contributed by atoms with Gasteiger partial charge in [-0.2, -0.15) is 0 Å². The number of nitrogens with zero attached hydrogens (tertiary/aromatic N) is 3. The van der Waals surface area contributed by atoms with Gasteiger partial charge >= 0.3 is 6.03 Å². The van der Waals surface area contributed by atoms with Gasteiger partial charge in [-0.1, -0.05) is 12.1 Å². The van der Waals surface area contributed by atoms with Crippen LogP contribution in [0.15, 0.2) is 48.5 Å². The normalized spacial score (nSPS) is 17.2. The van der Waals surface area contributed by atoms with Crippen molar-refractivity contribution >= 4 is 17.6 Å². The van der Waals surface area contributed by atoms with Gasteiger partial charge in [0.05, 0.1) is 25.8 Å². The first-order valence-electron chi connectivity index (χ1n) is 10.3. The Hall–Kier alpha value is -3.01. The number of urea groups is 1. The molecule has 0 aliphatic carbocycles. The maximum absolute atomic E-state index is 13.5. The van der Waals surface area contributed by atoms with Gasteiger partial charge in [0.2, 0.25) is 0 Å². The number of piperazine rings is 1. The van der Waals surface area contributed by atoms with E-state index >= 15 is 0 Å². The van der Waals surface area contributed by atoms with Gasteiger partial charge in [0.1, 0.15) is 5.82 Å². The van der Waals surface area contributed by atoms with E-state index in [1.54, 1.807) is 41.3 Å². The number of carbonyl (C=O) groups excluding carboxylic acids is 2. The second kappa shape index (κ2) is 9.42. The monoisotopic (exact) mass is 427 g/mol. The van der Waals surface area contributed by atoms with Gasteiger partial charge in [0.25, 0.3) is 5.91 Å². The average Bonchev–Trinajstić information content (AvgIpc) is 2.77. The molecule has 2 aromatic carbocycles. The summed E-state index contributed by atoms with van der Waals surface area (Å²) in [6, 6.07) is 13.1. The summed E-state index contributed by atoms with van der Waals surface area (Å²) >= 11 is 0. The van der Waals surface area contributed by atoms with Crippen LogP contribution < -0.4 is 16.2 Å². The van der Waals surface area contributed by atoms with E-state index in [0.717, 1.165) is 31.9 Å². The van der Waals surface area contributed by atoms with E-state index in [9.17, 15) is 14.0 Å². The Kier molecular flexibility index (Phi) is 6.45. The predicted molar refractivity (Wildman–Crippen MR) is 114 cm³/mol. The van der Waals surface area contributed by atoms with Gasteiger partial charge in [-0.05, 0) is 42.0 Å². The first-order chi connectivity index (χ1) is 15.0. The van der Waals surface area contributed by atoms with E-state index in [4.69, 9.17) is 10.6 Å². The molecule has 3 N–H and O–H groups in total. The molecule has 0 radical (unpaired) electrons. The molecule has 2 fully saturated rings. The highest BCUT2D eigenvalue weighted by Crippen LogP contribution is 2.22. The van der Waals surface area contributed by atoms with Crippen molar-refractivity contribution in [3.8, 4) is 0 Å². The molecule has 3 amide bonds. The molecule has 2 aliphatic heterocycles. The molecule has 2 saturated heterocycles. The van der Waals surface area contributed by atoms with Crippen LogP contribution in [-0.4, -0.2) is 67.2 Å². The smallest absolute Gasteiger partial charge is 0.324 e. The number of amides is 3. The second-order valence-electron chi connectivity index (χ2n) is 7.73. The molecule has 9 heteroatoms. The molecule has 2 aromatic rings. The Morgan fingerprint density at radius 3 is 2.23 bits per heavy atom. The van der Waals surface area contributed by atoms with Crippen LogP contribution in [0.1, 0.15) is 15.9 Å². The number of nitrogen functional groups attached to an aromatic ring is 1. The van der Waals surface area contributed by atoms with Crippen molar-refractivity contribution < 1.29 is 18.7 Å². The van der Waals surface area contributed by atoms with Crippen LogP contribution in [0.4, 0.5) is 14.9 Å². The summed E-state index contributed by atoms with van der Waals surface area (Å²) < 4.78 is 18.7. The van der Waals surface area contributed by atoms with E-state index in [0.29, 0.717) is 36.9 Å². The number of rotatable bonds is 5. The zero-order valence-electron chi connectivity index (χ0n) is 17.2. The molecule has 0 spiro atoms. The number of hydrogen-bond donors (Lipinski definition) is 2. The van der Waals surface area contributed by atoms with Crippen LogP contribution in [0.2, 0.25) is 0 Å². The van der Waals surface area contributed by atoms with Gasteiger partial charge in [0.15, 0.2) is 0 Å². The molecule has 0 aromatic heterocycles. The third kappa shape index (κ3) is 4.84. The lowest BCUT2D eigenvalue weighted by molar-refractivity contribution is -0.0738. The van der Waals surface area contributed by atoms with Gasteiger partial charge in [0, 0.05) is 37.4 Å². The third-order valence-corrected chi connectivity index (χ3v) is 5.78. The fourth-order valence-electron chi connectivity index (χ4n) is 3.80. The zero-order chi connectivity index (χ0) is 21.8. The molecule has 0 saturated carbocycles.